The Morgan fingerprint density at radius 1 is 1.04 bits per heavy atom. The number of aromatic nitrogens is 2. The minimum absolute atomic E-state index is 0.0405. The largest absolute Gasteiger partial charge is 0.295 e. The molecule has 0 spiro atoms. The quantitative estimate of drug-likeness (QED) is 0.697. The lowest BCUT2D eigenvalue weighted by molar-refractivity contribution is 0.0910. The van der Waals surface area contributed by atoms with Gasteiger partial charge in [0.15, 0.2) is 11.6 Å². The minimum Gasteiger partial charge on any atom is -0.295 e. The summed E-state index contributed by atoms with van der Waals surface area (Å²) in [4.78, 5) is 23.5. The highest BCUT2D eigenvalue weighted by Gasteiger charge is 2.33. The summed E-state index contributed by atoms with van der Waals surface area (Å²) in [6.07, 6.45) is 3.04. The summed E-state index contributed by atoms with van der Waals surface area (Å²) >= 11 is 0. The van der Waals surface area contributed by atoms with Crippen molar-refractivity contribution in [2.45, 2.75) is 61.3 Å². The van der Waals surface area contributed by atoms with Gasteiger partial charge in [-0.15, -0.1) is 0 Å². The van der Waals surface area contributed by atoms with Crippen molar-refractivity contribution in [3.8, 4) is 5.69 Å². The Labute approximate surface area is 151 Å². The average molecular weight is 342 g/mol. The van der Waals surface area contributed by atoms with Gasteiger partial charge in [-0.2, -0.15) is 5.10 Å². The standard InChI is InChI=1S/C17H18N2O2.2C2H6/c1-11(20)12-4-6-13(7-5-12)19-15-8-17(2,3)9-16(21)14(15)10-18-19;2*1-2/h4-7,10H,8-9H2,1-3H3;2*1-2H3. The molecule has 0 bridgehead atoms. The zero-order valence-electron chi connectivity index (χ0n) is 16.5. The van der Waals surface area contributed by atoms with E-state index < -0.39 is 0 Å². The van der Waals surface area contributed by atoms with Gasteiger partial charge in [0.1, 0.15) is 0 Å². The van der Waals surface area contributed by atoms with Crippen molar-refractivity contribution in [3.05, 3.63) is 47.3 Å². The second-order valence-electron chi connectivity index (χ2n) is 6.46. The van der Waals surface area contributed by atoms with E-state index in [2.05, 4.69) is 18.9 Å². The molecule has 0 atom stereocenters. The number of benzene rings is 1. The molecule has 0 saturated carbocycles. The molecule has 4 nitrogen and oxygen atoms in total. The van der Waals surface area contributed by atoms with Crippen LogP contribution in [0.4, 0.5) is 0 Å². The summed E-state index contributed by atoms with van der Waals surface area (Å²) < 4.78 is 1.82. The van der Waals surface area contributed by atoms with Gasteiger partial charge >= 0.3 is 0 Å². The Morgan fingerprint density at radius 3 is 2.12 bits per heavy atom. The summed E-state index contributed by atoms with van der Waals surface area (Å²) in [5.41, 5.74) is 3.21. The lowest BCUT2D eigenvalue weighted by atomic mass is 9.76. The summed E-state index contributed by atoms with van der Waals surface area (Å²) in [5.74, 6) is 0.202. The predicted octanol–water partition coefficient (Wildman–Crippen LogP) is 5.28. The van der Waals surface area contributed by atoms with Crippen LogP contribution < -0.4 is 0 Å². The first-order valence-electron chi connectivity index (χ1n) is 9.09. The van der Waals surface area contributed by atoms with E-state index in [1.165, 1.54) is 0 Å². The molecule has 0 amide bonds. The summed E-state index contributed by atoms with van der Waals surface area (Å²) in [6, 6.07) is 7.33. The predicted molar refractivity (Wildman–Crippen MR) is 103 cm³/mol. The van der Waals surface area contributed by atoms with E-state index in [-0.39, 0.29) is 17.0 Å². The third-order valence-corrected chi connectivity index (χ3v) is 3.97. The van der Waals surface area contributed by atoms with Crippen LogP contribution in [0.5, 0.6) is 0 Å². The number of hydrogen-bond donors (Lipinski definition) is 0. The first-order chi connectivity index (χ1) is 11.9. The molecule has 0 aliphatic heterocycles. The molecule has 1 aromatic heterocycles. The maximum absolute atomic E-state index is 12.2. The fourth-order valence-corrected chi connectivity index (χ4v) is 2.88. The van der Waals surface area contributed by atoms with Crippen molar-refractivity contribution in [1.29, 1.82) is 0 Å². The van der Waals surface area contributed by atoms with Crippen LogP contribution in [0, 0.1) is 5.41 Å². The third kappa shape index (κ3) is 4.65. The molecule has 2 aromatic rings. The summed E-state index contributed by atoms with van der Waals surface area (Å²) in [5, 5.41) is 4.37. The highest BCUT2D eigenvalue weighted by molar-refractivity contribution is 5.98. The number of carbonyl (C=O) groups excluding carboxylic acids is 2. The van der Waals surface area contributed by atoms with Crippen LogP contribution in [0.25, 0.3) is 5.69 Å². The monoisotopic (exact) mass is 342 g/mol. The zero-order valence-corrected chi connectivity index (χ0v) is 16.5. The molecule has 0 radical (unpaired) electrons. The first-order valence-corrected chi connectivity index (χ1v) is 9.09. The number of hydrogen-bond acceptors (Lipinski definition) is 3. The third-order valence-electron chi connectivity index (χ3n) is 3.97. The molecule has 3 rings (SSSR count). The van der Waals surface area contributed by atoms with Crippen molar-refractivity contribution >= 4 is 11.6 Å². The fraction of sp³-hybridized carbons (Fsp3) is 0.476. The van der Waals surface area contributed by atoms with Gasteiger partial charge in [-0.25, -0.2) is 4.68 Å². The maximum atomic E-state index is 12.2. The highest BCUT2D eigenvalue weighted by Crippen LogP contribution is 2.35. The van der Waals surface area contributed by atoms with E-state index >= 15 is 0 Å². The van der Waals surface area contributed by atoms with Crippen LogP contribution in [0.1, 0.15) is 81.3 Å². The SMILES string of the molecule is CC.CC.CC(=O)c1ccc(-n2ncc3c2CC(C)(C)CC3=O)cc1. The summed E-state index contributed by atoms with van der Waals surface area (Å²) in [6.45, 7) is 13.8. The van der Waals surface area contributed by atoms with E-state index in [1.807, 2.05) is 44.5 Å². The Hall–Kier alpha value is -2.23. The number of rotatable bonds is 2. The lowest BCUT2D eigenvalue weighted by Crippen LogP contribution is -2.27. The van der Waals surface area contributed by atoms with Crippen LogP contribution >= 0.6 is 0 Å². The van der Waals surface area contributed by atoms with Crippen LogP contribution in [0.3, 0.4) is 0 Å². The molecular weight excluding hydrogens is 312 g/mol. The molecule has 4 heteroatoms. The van der Waals surface area contributed by atoms with Gasteiger partial charge in [-0.05, 0) is 43.0 Å². The number of Topliss-reactive ketones (excluding diaryl/α,β-unsaturated/α-hetero) is 2. The second kappa shape index (κ2) is 8.75. The molecule has 1 aliphatic carbocycles. The normalized spacial score (nSPS) is 14.4. The number of nitrogens with zero attached hydrogens (tertiary/aromatic N) is 2. The van der Waals surface area contributed by atoms with Crippen molar-refractivity contribution in [3.63, 3.8) is 0 Å². The van der Waals surface area contributed by atoms with Crippen LogP contribution in [0.15, 0.2) is 30.5 Å². The Bertz CT molecular complexity index is 725. The molecular formula is C21H30N2O2. The van der Waals surface area contributed by atoms with Crippen LogP contribution in [-0.4, -0.2) is 21.3 Å². The maximum Gasteiger partial charge on any atom is 0.166 e. The number of carbonyl (C=O) groups is 2. The van der Waals surface area contributed by atoms with Gasteiger partial charge < -0.3 is 0 Å². The second-order valence-corrected chi connectivity index (χ2v) is 6.46. The van der Waals surface area contributed by atoms with Gasteiger partial charge in [0.25, 0.3) is 0 Å². The Kier molecular flexibility index (Phi) is 7.28. The van der Waals surface area contributed by atoms with Crippen molar-refractivity contribution in [1.82, 2.24) is 9.78 Å². The highest BCUT2D eigenvalue weighted by atomic mass is 16.1. The minimum atomic E-state index is -0.0405. The lowest BCUT2D eigenvalue weighted by Gasteiger charge is -2.28. The van der Waals surface area contributed by atoms with E-state index in [0.717, 1.165) is 23.4 Å². The molecule has 0 fully saturated rings. The molecule has 25 heavy (non-hydrogen) atoms. The fourth-order valence-electron chi connectivity index (χ4n) is 2.88. The topological polar surface area (TPSA) is 52.0 Å². The molecule has 0 saturated heterocycles. The van der Waals surface area contributed by atoms with E-state index in [1.54, 1.807) is 25.3 Å². The van der Waals surface area contributed by atoms with Gasteiger partial charge in [0.05, 0.1) is 23.1 Å². The van der Waals surface area contributed by atoms with Crippen molar-refractivity contribution in [2.24, 2.45) is 5.41 Å². The van der Waals surface area contributed by atoms with E-state index in [0.29, 0.717) is 12.0 Å². The molecule has 0 N–H and O–H groups in total. The van der Waals surface area contributed by atoms with Crippen molar-refractivity contribution < 1.29 is 9.59 Å². The Morgan fingerprint density at radius 2 is 1.60 bits per heavy atom. The van der Waals surface area contributed by atoms with Gasteiger partial charge in [0, 0.05) is 12.0 Å². The molecule has 0 unspecified atom stereocenters. The van der Waals surface area contributed by atoms with E-state index in [9.17, 15) is 9.59 Å². The number of fused-ring (bicyclic) bond motifs is 1. The van der Waals surface area contributed by atoms with Crippen LogP contribution in [0.2, 0.25) is 0 Å². The molecule has 136 valence electrons. The van der Waals surface area contributed by atoms with Crippen molar-refractivity contribution in [2.75, 3.05) is 0 Å². The van der Waals surface area contributed by atoms with Gasteiger partial charge in [-0.3, -0.25) is 9.59 Å². The molecule has 1 aromatic carbocycles. The molecule has 1 heterocycles. The Balaban J connectivity index is 0.000000730. The van der Waals surface area contributed by atoms with Gasteiger partial charge in [0.2, 0.25) is 0 Å². The summed E-state index contributed by atoms with van der Waals surface area (Å²) in [7, 11) is 0. The first kappa shape index (κ1) is 20.8. The van der Waals surface area contributed by atoms with Gasteiger partial charge in [-0.1, -0.05) is 41.5 Å². The smallest absolute Gasteiger partial charge is 0.166 e. The average Bonchev–Trinajstić information content (AvgIpc) is 3.01. The van der Waals surface area contributed by atoms with Crippen LogP contribution in [-0.2, 0) is 6.42 Å². The van der Waals surface area contributed by atoms with E-state index in [4.69, 9.17) is 0 Å². The molecule has 1 aliphatic rings. The number of ketones is 2. The zero-order chi connectivity index (χ0) is 19.2.